The normalized spacial score (nSPS) is 20.3. The number of carbonyl (C=O) groups is 1. The van der Waals surface area contributed by atoms with Gasteiger partial charge in [-0.3, -0.25) is 14.7 Å². The average molecular weight is 477 g/mol. The van der Waals surface area contributed by atoms with Crippen LogP contribution in [-0.2, 0) is 16.0 Å². The standard InChI is InChI=1S/C24H25FN8O2/c1-15-8-17(33-14-28-29-30-33)10-27-21(15)9-23(34)32-7-6-31-12-22(35-13-18(31)11-32)19-4-5-20(25)24(26-3)16(19)2/h4-5,8,10,14,18,22H,6-7,9,11-13H2,1-2H3/t18-,22+/m1/s1. The largest absolute Gasteiger partial charge is 0.371 e. The van der Waals surface area contributed by atoms with Crippen LogP contribution in [-0.4, -0.2) is 79.7 Å². The molecule has 2 aromatic heterocycles. The van der Waals surface area contributed by atoms with E-state index in [-0.39, 0.29) is 30.2 Å². The Bertz CT molecular complexity index is 1290. The number of fused-ring (bicyclic) bond motifs is 1. The monoisotopic (exact) mass is 476 g/mol. The van der Waals surface area contributed by atoms with E-state index in [9.17, 15) is 9.18 Å². The summed E-state index contributed by atoms with van der Waals surface area (Å²) in [5, 5.41) is 11.1. The number of pyridine rings is 1. The van der Waals surface area contributed by atoms with Crippen LogP contribution in [0.15, 0.2) is 30.7 Å². The molecule has 0 spiro atoms. The van der Waals surface area contributed by atoms with Crippen molar-refractivity contribution in [2.45, 2.75) is 32.4 Å². The molecule has 0 bridgehead atoms. The molecule has 10 nitrogen and oxygen atoms in total. The molecule has 3 aromatic rings. The second-order valence-corrected chi connectivity index (χ2v) is 8.92. The molecule has 4 heterocycles. The SMILES string of the molecule is [C-]#[N+]c1c(F)ccc([C@@H]2CN3CCN(C(=O)Cc4ncc(-n5cnnn5)cc4C)C[C@@H]3CO2)c1C. The van der Waals surface area contributed by atoms with Gasteiger partial charge in [-0.1, -0.05) is 6.07 Å². The average Bonchev–Trinajstić information content (AvgIpc) is 3.40. The van der Waals surface area contributed by atoms with Crippen molar-refractivity contribution in [3.63, 3.8) is 0 Å². The van der Waals surface area contributed by atoms with E-state index in [1.165, 1.54) is 17.1 Å². The van der Waals surface area contributed by atoms with Crippen molar-refractivity contribution in [2.75, 3.05) is 32.8 Å². The molecule has 1 aromatic carbocycles. The van der Waals surface area contributed by atoms with Crippen LogP contribution < -0.4 is 0 Å². The number of amides is 1. The maximum atomic E-state index is 13.9. The van der Waals surface area contributed by atoms with Crippen LogP contribution in [0, 0.1) is 26.2 Å². The highest BCUT2D eigenvalue weighted by Gasteiger charge is 2.36. The molecule has 2 aliphatic rings. The molecule has 0 saturated carbocycles. The van der Waals surface area contributed by atoms with E-state index in [4.69, 9.17) is 11.3 Å². The van der Waals surface area contributed by atoms with Gasteiger partial charge < -0.3 is 9.64 Å². The van der Waals surface area contributed by atoms with E-state index >= 15 is 0 Å². The maximum Gasteiger partial charge on any atom is 0.228 e. The first kappa shape index (κ1) is 23.0. The molecule has 2 aliphatic heterocycles. The van der Waals surface area contributed by atoms with Crippen LogP contribution in [0.1, 0.15) is 28.5 Å². The molecule has 0 unspecified atom stereocenters. The summed E-state index contributed by atoms with van der Waals surface area (Å²) in [5.74, 6) is -0.467. The summed E-state index contributed by atoms with van der Waals surface area (Å²) >= 11 is 0. The van der Waals surface area contributed by atoms with Crippen LogP contribution in [0.25, 0.3) is 10.5 Å². The fraction of sp³-hybridized carbons (Fsp3) is 0.417. The smallest absolute Gasteiger partial charge is 0.228 e. The molecule has 5 rings (SSSR count). The van der Waals surface area contributed by atoms with Gasteiger partial charge in [0.2, 0.25) is 11.6 Å². The Labute approximate surface area is 202 Å². The molecule has 11 heteroatoms. The number of tetrazole rings is 1. The number of ether oxygens (including phenoxy) is 1. The number of hydrogen-bond acceptors (Lipinski definition) is 7. The van der Waals surface area contributed by atoms with Gasteiger partial charge >= 0.3 is 0 Å². The van der Waals surface area contributed by atoms with Crippen molar-refractivity contribution >= 4 is 11.6 Å². The number of aromatic nitrogens is 5. The quantitative estimate of drug-likeness (QED) is 0.533. The zero-order chi connectivity index (χ0) is 24.5. The molecule has 0 radical (unpaired) electrons. The minimum absolute atomic E-state index is 0.0358. The number of rotatable bonds is 4. The Morgan fingerprint density at radius 3 is 2.89 bits per heavy atom. The van der Waals surface area contributed by atoms with Gasteiger partial charge in [-0.15, -0.1) is 5.10 Å². The molecule has 0 aliphatic carbocycles. The second kappa shape index (κ2) is 9.48. The molecule has 2 atom stereocenters. The van der Waals surface area contributed by atoms with Gasteiger partial charge in [-0.2, -0.15) is 4.68 Å². The number of aryl methyl sites for hydroxylation is 1. The van der Waals surface area contributed by atoms with E-state index in [2.05, 4.69) is 30.3 Å². The zero-order valence-electron chi connectivity index (χ0n) is 19.6. The van der Waals surface area contributed by atoms with Gasteiger partial charge in [0.05, 0.1) is 49.3 Å². The maximum absolute atomic E-state index is 13.9. The summed E-state index contributed by atoms with van der Waals surface area (Å²) in [6.07, 6.45) is 3.17. The number of benzene rings is 1. The Hall–Kier alpha value is -3.75. The van der Waals surface area contributed by atoms with Crippen molar-refractivity contribution in [1.29, 1.82) is 0 Å². The summed E-state index contributed by atoms with van der Waals surface area (Å²) in [5.41, 5.74) is 3.91. The van der Waals surface area contributed by atoms with Gasteiger partial charge in [0.1, 0.15) is 12.1 Å². The Morgan fingerprint density at radius 2 is 2.14 bits per heavy atom. The van der Waals surface area contributed by atoms with Gasteiger partial charge in [-0.25, -0.2) is 9.24 Å². The van der Waals surface area contributed by atoms with Gasteiger partial charge in [-0.05, 0) is 53.1 Å². The highest BCUT2D eigenvalue weighted by molar-refractivity contribution is 5.79. The van der Waals surface area contributed by atoms with Gasteiger partial charge in [0.15, 0.2) is 0 Å². The lowest BCUT2D eigenvalue weighted by molar-refractivity contribution is -0.139. The van der Waals surface area contributed by atoms with Crippen molar-refractivity contribution in [2.24, 2.45) is 0 Å². The van der Waals surface area contributed by atoms with Gasteiger partial charge in [0, 0.05) is 26.2 Å². The molecular weight excluding hydrogens is 451 g/mol. The molecule has 0 N–H and O–H groups in total. The second-order valence-electron chi connectivity index (χ2n) is 8.92. The summed E-state index contributed by atoms with van der Waals surface area (Å²) < 4.78 is 21.6. The predicted octanol–water partition coefficient (Wildman–Crippen LogP) is 2.19. The number of morpholine rings is 1. The summed E-state index contributed by atoms with van der Waals surface area (Å²) in [7, 11) is 0. The van der Waals surface area contributed by atoms with Crippen LogP contribution in [0.4, 0.5) is 10.1 Å². The third-order valence-corrected chi connectivity index (χ3v) is 6.83. The molecular formula is C24H25FN8O2. The van der Waals surface area contributed by atoms with Crippen molar-refractivity contribution in [1.82, 2.24) is 35.0 Å². The summed E-state index contributed by atoms with van der Waals surface area (Å²) in [6, 6.07) is 5.06. The van der Waals surface area contributed by atoms with Crippen molar-refractivity contribution in [3.8, 4) is 5.69 Å². The molecule has 2 fully saturated rings. The first-order valence-corrected chi connectivity index (χ1v) is 11.4. The summed E-state index contributed by atoms with van der Waals surface area (Å²) in [4.78, 5) is 25.1. The van der Waals surface area contributed by atoms with Crippen LogP contribution in [0.2, 0.25) is 0 Å². The highest BCUT2D eigenvalue weighted by atomic mass is 19.1. The molecule has 1 amide bonds. The van der Waals surface area contributed by atoms with Crippen LogP contribution in [0.3, 0.4) is 0 Å². The Kier molecular flexibility index (Phi) is 6.23. The van der Waals surface area contributed by atoms with Crippen molar-refractivity contribution in [3.05, 3.63) is 70.3 Å². The predicted molar refractivity (Wildman–Crippen MR) is 123 cm³/mol. The van der Waals surface area contributed by atoms with Crippen LogP contribution in [0.5, 0.6) is 0 Å². The highest BCUT2D eigenvalue weighted by Crippen LogP contribution is 2.34. The lowest BCUT2D eigenvalue weighted by atomic mass is 9.98. The first-order valence-electron chi connectivity index (χ1n) is 11.4. The topological polar surface area (TPSA) is 93.6 Å². The minimum atomic E-state index is -0.503. The van der Waals surface area contributed by atoms with E-state index < -0.39 is 5.82 Å². The molecule has 35 heavy (non-hydrogen) atoms. The lowest BCUT2D eigenvalue weighted by Gasteiger charge is -2.46. The number of halogens is 1. The molecule has 2 saturated heterocycles. The Morgan fingerprint density at radius 1 is 1.29 bits per heavy atom. The number of nitrogens with zero attached hydrogens (tertiary/aromatic N) is 8. The number of piperazine rings is 1. The first-order chi connectivity index (χ1) is 16.9. The molecule has 180 valence electrons. The van der Waals surface area contributed by atoms with Crippen LogP contribution >= 0.6 is 0 Å². The Balaban J connectivity index is 1.21. The minimum Gasteiger partial charge on any atom is -0.371 e. The lowest BCUT2D eigenvalue weighted by Crippen LogP contribution is -2.59. The van der Waals surface area contributed by atoms with E-state index in [1.807, 2.05) is 17.9 Å². The van der Waals surface area contributed by atoms with E-state index in [0.29, 0.717) is 31.8 Å². The van der Waals surface area contributed by atoms with Gasteiger partial charge in [0.25, 0.3) is 0 Å². The zero-order valence-corrected chi connectivity index (χ0v) is 19.6. The number of hydrogen-bond donors (Lipinski definition) is 0. The summed E-state index contributed by atoms with van der Waals surface area (Å²) in [6.45, 7) is 14.0. The third kappa shape index (κ3) is 4.50. The fourth-order valence-electron chi connectivity index (χ4n) is 4.80. The fourth-order valence-corrected chi connectivity index (χ4v) is 4.80. The third-order valence-electron chi connectivity index (χ3n) is 6.83. The number of carbonyl (C=O) groups excluding carboxylic acids is 1. The van der Waals surface area contributed by atoms with E-state index in [0.717, 1.165) is 29.1 Å². The van der Waals surface area contributed by atoms with E-state index in [1.54, 1.807) is 19.2 Å². The van der Waals surface area contributed by atoms with Crippen molar-refractivity contribution < 1.29 is 13.9 Å².